The molecule has 0 bridgehead atoms. The maximum absolute atomic E-state index is 9.35. The van der Waals surface area contributed by atoms with E-state index in [9.17, 15) is 5.26 Å². The molecule has 1 heterocycles. The molecule has 2 aromatic rings. The lowest BCUT2D eigenvalue weighted by Gasteiger charge is -2.18. The summed E-state index contributed by atoms with van der Waals surface area (Å²) < 4.78 is 13.1. The molecule has 3 rings (SSSR count). The number of aromatic nitrogens is 1. The van der Waals surface area contributed by atoms with Crippen LogP contribution in [-0.4, -0.2) is 11.7 Å². The fourth-order valence-corrected chi connectivity index (χ4v) is 3.00. The van der Waals surface area contributed by atoms with Crippen molar-refractivity contribution >= 4 is 5.69 Å². The third kappa shape index (κ3) is 2.60. The van der Waals surface area contributed by atoms with E-state index in [0.717, 1.165) is 18.6 Å². The lowest BCUT2D eigenvalue weighted by Crippen LogP contribution is -2.09. The van der Waals surface area contributed by atoms with E-state index in [-0.39, 0.29) is 0 Å². The van der Waals surface area contributed by atoms with E-state index in [1.807, 2.05) is 28.8 Å². The summed E-state index contributed by atoms with van der Waals surface area (Å²) in [6, 6.07) is 11.5. The Kier molecular flexibility index (Phi) is 3.92. The van der Waals surface area contributed by atoms with Gasteiger partial charge in [0.1, 0.15) is 23.3 Å². The fourth-order valence-electron chi connectivity index (χ4n) is 3.00. The van der Waals surface area contributed by atoms with Crippen LogP contribution in [0.25, 0.3) is 0 Å². The van der Waals surface area contributed by atoms with E-state index >= 15 is 0 Å². The molecule has 1 aliphatic carbocycles. The van der Waals surface area contributed by atoms with Gasteiger partial charge in [0.25, 0.3) is 0 Å². The first kappa shape index (κ1) is 14.3. The van der Waals surface area contributed by atoms with Gasteiger partial charge in [-0.05, 0) is 37.1 Å². The summed E-state index contributed by atoms with van der Waals surface area (Å²) in [5.41, 5.74) is 7.13. The molecule has 0 unspecified atom stereocenters. The second-order valence-electron chi connectivity index (χ2n) is 5.49. The molecule has 1 aromatic heterocycles. The van der Waals surface area contributed by atoms with Gasteiger partial charge in [-0.3, -0.25) is 4.57 Å². The van der Waals surface area contributed by atoms with Crippen molar-refractivity contribution in [2.45, 2.75) is 31.7 Å². The van der Waals surface area contributed by atoms with Crippen molar-refractivity contribution in [1.82, 2.24) is 4.57 Å². The number of nitrogen functional groups attached to an aromatic ring is 1. The van der Waals surface area contributed by atoms with E-state index in [1.165, 1.54) is 12.8 Å². The van der Waals surface area contributed by atoms with Crippen LogP contribution < -0.4 is 15.2 Å². The quantitative estimate of drug-likeness (QED) is 0.930. The Morgan fingerprint density at radius 3 is 2.41 bits per heavy atom. The average Bonchev–Trinajstić information content (AvgIpc) is 3.16. The summed E-state index contributed by atoms with van der Waals surface area (Å²) in [4.78, 5) is 0. The Morgan fingerprint density at radius 2 is 1.82 bits per heavy atom. The molecule has 2 N–H and O–H groups in total. The van der Waals surface area contributed by atoms with Crippen LogP contribution in [0, 0.1) is 11.3 Å². The molecule has 114 valence electrons. The number of methoxy groups -OCH3 is 1. The van der Waals surface area contributed by atoms with Gasteiger partial charge in [-0.2, -0.15) is 5.26 Å². The monoisotopic (exact) mass is 297 g/mol. The summed E-state index contributed by atoms with van der Waals surface area (Å²) in [7, 11) is 1.62. The molecule has 0 aliphatic heterocycles. The average molecular weight is 297 g/mol. The molecule has 1 aliphatic rings. The van der Waals surface area contributed by atoms with Crippen LogP contribution in [0.15, 0.2) is 30.3 Å². The number of rotatable bonds is 4. The van der Waals surface area contributed by atoms with Crippen molar-refractivity contribution in [3.05, 3.63) is 36.0 Å². The Hall–Kier alpha value is -2.61. The van der Waals surface area contributed by atoms with Gasteiger partial charge in [0.15, 0.2) is 0 Å². The molecule has 0 saturated heterocycles. The second-order valence-corrected chi connectivity index (χ2v) is 5.49. The van der Waals surface area contributed by atoms with Gasteiger partial charge in [-0.25, -0.2) is 0 Å². The zero-order valence-corrected chi connectivity index (χ0v) is 12.6. The minimum Gasteiger partial charge on any atom is -0.497 e. The molecule has 5 nitrogen and oxygen atoms in total. The summed E-state index contributed by atoms with van der Waals surface area (Å²) in [6.07, 6.45) is 4.47. The third-order valence-electron chi connectivity index (χ3n) is 4.10. The maximum Gasteiger partial charge on any atom is 0.224 e. The number of nitrogens with two attached hydrogens (primary N) is 1. The van der Waals surface area contributed by atoms with Gasteiger partial charge in [-0.1, -0.05) is 12.8 Å². The van der Waals surface area contributed by atoms with Crippen molar-refractivity contribution in [1.29, 1.82) is 5.26 Å². The zero-order chi connectivity index (χ0) is 15.5. The van der Waals surface area contributed by atoms with Crippen molar-refractivity contribution in [3.8, 4) is 23.4 Å². The Balaban J connectivity index is 1.94. The molecular weight excluding hydrogens is 278 g/mol. The smallest absolute Gasteiger partial charge is 0.224 e. The zero-order valence-electron chi connectivity index (χ0n) is 12.6. The van der Waals surface area contributed by atoms with Gasteiger partial charge in [-0.15, -0.1) is 0 Å². The first-order chi connectivity index (χ1) is 10.7. The number of hydrogen-bond acceptors (Lipinski definition) is 4. The van der Waals surface area contributed by atoms with Gasteiger partial charge < -0.3 is 15.2 Å². The SMILES string of the molecule is COc1ccc(Oc2c(N)cc(C#N)n2C2CCCC2)cc1. The molecule has 0 spiro atoms. The number of benzene rings is 1. The molecule has 1 aromatic carbocycles. The van der Waals surface area contributed by atoms with Crippen LogP contribution in [0.5, 0.6) is 17.4 Å². The van der Waals surface area contributed by atoms with Gasteiger partial charge >= 0.3 is 0 Å². The van der Waals surface area contributed by atoms with Crippen LogP contribution >= 0.6 is 0 Å². The highest BCUT2D eigenvalue weighted by Crippen LogP contribution is 2.40. The predicted molar refractivity (Wildman–Crippen MR) is 84.1 cm³/mol. The second kappa shape index (κ2) is 6.02. The van der Waals surface area contributed by atoms with Gasteiger partial charge in [0.05, 0.1) is 12.8 Å². The molecular formula is C17H19N3O2. The molecule has 0 atom stereocenters. The van der Waals surface area contributed by atoms with Gasteiger partial charge in [0.2, 0.25) is 5.88 Å². The lowest BCUT2D eigenvalue weighted by atomic mass is 10.2. The Bertz CT molecular complexity index is 692. The highest BCUT2D eigenvalue weighted by Gasteiger charge is 2.25. The van der Waals surface area contributed by atoms with Crippen molar-refractivity contribution in [2.75, 3.05) is 12.8 Å². The largest absolute Gasteiger partial charge is 0.497 e. The number of anilines is 1. The number of nitriles is 1. The van der Waals surface area contributed by atoms with Crippen LogP contribution in [-0.2, 0) is 0 Å². The normalized spacial score (nSPS) is 14.7. The van der Waals surface area contributed by atoms with Crippen LogP contribution in [0.3, 0.4) is 0 Å². The van der Waals surface area contributed by atoms with Crippen molar-refractivity contribution in [3.63, 3.8) is 0 Å². The van der Waals surface area contributed by atoms with Gasteiger partial charge in [0, 0.05) is 12.1 Å². The number of nitrogens with zero attached hydrogens (tertiary/aromatic N) is 2. The van der Waals surface area contributed by atoms with Crippen molar-refractivity contribution < 1.29 is 9.47 Å². The lowest BCUT2D eigenvalue weighted by molar-refractivity contribution is 0.390. The minimum atomic E-state index is 0.292. The van der Waals surface area contributed by atoms with Crippen molar-refractivity contribution in [2.24, 2.45) is 0 Å². The van der Waals surface area contributed by atoms with Crippen LogP contribution in [0.2, 0.25) is 0 Å². The first-order valence-electron chi connectivity index (χ1n) is 7.45. The highest BCUT2D eigenvalue weighted by molar-refractivity contribution is 5.57. The molecule has 1 fully saturated rings. The van der Waals surface area contributed by atoms with E-state index in [2.05, 4.69) is 6.07 Å². The Morgan fingerprint density at radius 1 is 1.18 bits per heavy atom. The predicted octanol–water partition coefficient (Wildman–Crippen LogP) is 3.86. The molecule has 5 heteroatoms. The summed E-state index contributed by atoms with van der Waals surface area (Å²) >= 11 is 0. The standard InChI is InChI=1S/C17H19N3O2/c1-21-14-6-8-15(9-7-14)22-17-16(19)10-13(11-18)20(17)12-4-2-3-5-12/h6-10,12H,2-5,19H2,1H3. The van der Waals surface area contributed by atoms with E-state index in [4.69, 9.17) is 15.2 Å². The fraction of sp³-hybridized carbons (Fsp3) is 0.353. The Labute approximate surface area is 129 Å². The van der Waals surface area contributed by atoms with E-state index in [0.29, 0.717) is 29.1 Å². The van der Waals surface area contributed by atoms with Crippen LogP contribution in [0.4, 0.5) is 5.69 Å². The van der Waals surface area contributed by atoms with Crippen LogP contribution in [0.1, 0.15) is 37.4 Å². The molecule has 22 heavy (non-hydrogen) atoms. The molecule has 0 radical (unpaired) electrons. The summed E-state index contributed by atoms with van der Waals surface area (Å²) in [6.45, 7) is 0. The minimum absolute atomic E-state index is 0.292. The summed E-state index contributed by atoms with van der Waals surface area (Å²) in [5, 5.41) is 9.35. The summed E-state index contributed by atoms with van der Waals surface area (Å²) in [5.74, 6) is 2.01. The van der Waals surface area contributed by atoms with E-state index < -0.39 is 0 Å². The number of hydrogen-bond donors (Lipinski definition) is 1. The highest BCUT2D eigenvalue weighted by atomic mass is 16.5. The number of ether oxygens (including phenoxy) is 2. The first-order valence-corrected chi connectivity index (χ1v) is 7.45. The maximum atomic E-state index is 9.35. The molecule has 0 amide bonds. The topological polar surface area (TPSA) is 73.2 Å². The van der Waals surface area contributed by atoms with E-state index in [1.54, 1.807) is 13.2 Å². The molecule has 1 saturated carbocycles. The third-order valence-corrected chi connectivity index (χ3v) is 4.10.